The Labute approximate surface area is 112 Å². The van der Waals surface area contributed by atoms with Crippen molar-refractivity contribution in [3.63, 3.8) is 0 Å². The van der Waals surface area contributed by atoms with Gasteiger partial charge in [-0.3, -0.25) is 0 Å². The Kier molecular flexibility index (Phi) is 7.14. The van der Waals surface area contributed by atoms with Crippen LogP contribution in [0, 0.1) is 0 Å². The third-order valence-electron chi connectivity index (χ3n) is 1.75. The Hall–Kier alpha value is -0.170. The molecule has 2 N–H and O–H groups in total. The van der Waals surface area contributed by atoms with E-state index in [-0.39, 0.29) is 19.0 Å². The molecular formula is C9H12BrClFNO2S. The number of thiophene rings is 1. The third kappa shape index (κ3) is 4.01. The standard InChI is InChI=1S/C9H11BrFNO2S.ClH/c1-2-14-9(13)7(11)8(12)5-3-4-6(10)15-5;/h3-4,7-8H,2,12H2,1H3;1H/t7?,8-;/m0./s1. The van der Waals surface area contributed by atoms with E-state index in [2.05, 4.69) is 20.7 Å². The average Bonchev–Trinajstić information content (AvgIpc) is 2.63. The van der Waals surface area contributed by atoms with Crippen molar-refractivity contribution in [2.75, 3.05) is 6.61 Å². The van der Waals surface area contributed by atoms with Crippen molar-refractivity contribution in [3.05, 3.63) is 20.8 Å². The van der Waals surface area contributed by atoms with Gasteiger partial charge in [0.25, 0.3) is 0 Å². The number of halogens is 3. The summed E-state index contributed by atoms with van der Waals surface area (Å²) >= 11 is 4.55. The van der Waals surface area contributed by atoms with Gasteiger partial charge in [0.1, 0.15) is 0 Å². The van der Waals surface area contributed by atoms with Crippen LogP contribution in [0.15, 0.2) is 15.9 Å². The van der Waals surface area contributed by atoms with Crippen LogP contribution in [0.2, 0.25) is 0 Å². The molecule has 0 radical (unpaired) electrons. The highest BCUT2D eigenvalue weighted by Crippen LogP contribution is 2.28. The summed E-state index contributed by atoms with van der Waals surface area (Å²) < 4.78 is 18.9. The molecular weight excluding hydrogens is 321 g/mol. The van der Waals surface area contributed by atoms with Crippen molar-refractivity contribution in [2.45, 2.75) is 19.1 Å². The van der Waals surface area contributed by atoms with E-state index in [0.717, 1.165) is 3.79 Å². The lowest BCUT2D eigenvalue weighted by Gasteiger charge is -2.13. The first-order valence-electron chi connectivity index (χ1n) is 4.37. The molecule has 0 aliphatic rings. The molecule has 7 heteroatoms. The number of nitrogens with two attached hydrogens (primary N) is 1. The molecule has 0 spiro atoms. The van der Waals surface area contributed by atoms with E-state index in [9.17, 15) is 9.18 Å². The lowest BCUT2D eigenvalue weighted by molar-refractivity contribution is -0.149. The summed E-state index contributed by atoms with van der Waals surface area (Å²) in [6.07, 6.45) is -1.81. The largest absolute Gasteiger partial charge is 0.464 e. The summed E-state index contributed by atoms with van der Waals surface area (Å²) in [4.78, 5) is 11.7. The lowest BCUT2D eigenvalue weighted by atomic mass is 10.1. The molecule has 92 valence electrons. The fourth-order valence-corrected chi connectivity index (χ4v) is 2.47. The molecule has 1 rings (SSSR count). The summed E-state index contributed by atoms with van der Waals surface area (Å²) in [5.41, 5.74) is 5.60. The highest BCUT2D eigenvalue weighted by atomic mass is 79.9. The molecule has 0 amide bonds. The second kappa shape index (κ2) is 7.21. The summed E-state index contributed by atoms with van der Waals surface area (Å²) in [6, 6.07) is 2.49. The number of ether oxygens (including phenoxy) is 1. The van der Waals surface area contributed by atoms with Gasteiger partial charge in [0.15, 0.2) is 0 Å². The molecule has 1 aromatic heterocycles. The minimum absolute atomic E-state index is 0. The summed E-state index contributed by atoms with van der Waals surface area (Å²) in [6.45, 7) is 1.78. The zero-order valence-electron chi connectivity index (χ0n) is 8.48. The van der Waals surface area contributed by atoms with Crippen LogP contribution in [-0.2, 0) is 9.53 Å². The van der Waals surface area contributed by atoms with Gasteiger partial charge in [-0.25, -0.2) is 9.18 Å². The highest BCUT2D eigenvalue weighted by Gasteiger charge is 2.28. The quantitative estimate of drug-likeness (QED) is 0.863. The van der Waals surface area contributed by atoms with Gasteiger partial charge in [-0.1, -0.05) is 0 Å². The van der Waals surface area contributed by atoms with Crippen LogP contribution in [0.3, 0.4) is 0 Å². The predicted octanol–water partition coefficient (Wildman–Crippen LogP) is 2.83. The third-order valence-corrected chi connectivity index (χ3v) is 3.47. The first-order chi connectivity index (χ1) is 7.06. The van der Waals surface area contributed by atoms with Crippen LogP contribution in [0.1, 0.15) is 17.8 Å². The summed E-state index contributed by atoms with van der Waals surface area (Å²) in [5, 5.41) is 0. The van der Waals surface area contributed by atoms with Crippen LogP contribution in [0.25, 0.3) is 0 Å². The van der Waals surface area contributed by atoms with Gasteiger partial charge in [0.05, 0.1) is 16.4 Å². The molecule has 1 aromatic rings. The van der Waals surface area contributed by atoms with E-state index >= 15 is 0 Å². The van der Waals surface area contributed by atoms with Gasteiger partial charge in [-0.2, -0.15) is 0 Å². The van der Waals surface area contributed by atoms with Gasteiger partial charge in [-0.05, 0) is 35.0 Å². The first kappa shape index (κ1) is 15.8. The number of carbonyl (C=O) groups excluding carboxylic acids is 1. The minimum atomic E-state index is -1.81. The Morgan fingerprint density at radius 3 is 2.75 bits per heavy atom. The fraction of sp³-hybridized carbons (Fsp3) is 0.444. The molecule has 0 saturated carbocycles. The number of rotatable bonds is 4. The van der Waals surface area contributed by atoms with E-state index in [1.54, 1.807) is 19.1 Å². The normalized spacial score (nSPS) is 13.8. The van der Waals surface area contributed by atoms with Crippen molar-refractivity contribution in [3.8, 4) is 0 Å². The van der Waals surface area contributed by atoms with Gasteiger partial charge in [0, 0.05) is 4.88 Å². The van der Waals surface area contributed by atoms with Crippen LogP contribution < -0.4 is 5.73 Å². The second-order valence-electron chi connectivity index (χ2n) is 2.82. The second-order valence-corrected chi connectivity index (χ2v) is 5.32. The van der Waals surface area contributed by atoms with Crippen molar-refractivity contribution < 1.29 is 13.9 Å². The molecule has 0 aliphatic heterocycles. The van der Waals surface area contributed by atoms with E-state index in [0.29, 0.717) is 4.88 Å². The zero-order valence-corrected chi connectivity index (χ0v) is 11.7. The van der Waals surface area contributed by atoms with Crippen molar-refractivity contribution in [1.82, 2.24) is 0 Å². The Morgan fingerprint density at radius 1 is 1.69 bits per heavy atom. The molecule has 0 bridgehead atoms. The van der Waals surface area contributed by atoms with Crippen LogP contribution in [0.4, 0.5) is 4.39 Å². The van der Waals surface area contributed by atoms with Crippen molar-refractivity contribution in [1.29, 1.82) is 0 Å². The number of hydrogen-bond acceptors (Lipinski definition) is 4. The first-order valence-corrected chi connectivity index (χ1v) is 5.98. The maximum Gasteiger partial charge on any atom is 0.342 e. The molecule has 0 fully saturated rings. The van der Waals surface area contributed by atoms with E-state index in [1.165, 1.54) is 11.3 Å². The van der Waals surface area contributed by atoms with E-state index in [1.807, 2.05) is 0 Å². The summed E-state index contributed by atoms with van der Waals surface area (Å²) in [7, 11) is 0. The smallest absolute Gasteiger partial charge is 0.342 e. The Morgan fingerprint density at radius 2 is 2.31 bits per heavy atom. The van der Waals surface area contributed by atoms with Crippen LogP contribution >= 0.6 is 39.7 Å². The lowest BCUT2D eigenvalue weighted by Crippen LogP contribution is -2.30. The van der Waals surface area contributed by atoms with Crippen LogP contribution in [-0.4, -0.2) is 18.7 Å². The van der Waals surface area contributed by atoms with Gasteiger partial charge < -0.3 is 10.5 Å². The average molecular weight is 333 g/mol. The molecule has 0 aliphatic carbocycles. The Bertz CT molecular complexity index is 350. The Balaban J connectivity index is 0.00000225. The monoisotopic (exact) mass is 331 g/mol. The topological polar surface area (TPSA) is 52.3 Å². The number of hydrogen-bond donors (Lipinski definition) is 1. The summed E-state index contributed by atoms with van der Waals surface area (Å²) in [5.74, 6) is -0.908. The van der Waals surface area contributed by atoms with Crippen LogP contribution in [0.5, 0.6) is 0 Å². The molecule has 2 atom stereocenters. The highest BCUT2D eigenvalue weighted by molar-refractivity contribution is 9.11. The van der Waals surface area contributed by atoms with Crippen molar-refractivity contribution >= 4 is 45.6 Å². The van der Waals surface area contributed by atoms with Gasteiger partial charge in [0.2, 0.25) is 6.17 Å². The molecule has 3 nitrogen and oxygen atoms in total. The predicted molar refractivity (Wildman–Crippen MR) is 67.7 cm³/mol. The fourth-order valence-electron chi connectivity index (χ4n) is 1.02. The minimum Gasteiger partial charge on any atom is -0.464 e. The van der Waals surface area contributed by atoms with Gasteiger partial charge in [-0.15, -0.1) is 23.7 Å². The SMILES string of the molecule is CCOC(=O)C(F)[C@@H](N)c1ccc(Br)s1.Cl. The van der Waals surface area contributed by atoms with E-state index in [4.69, 9.17) is 5.73 Å². The van der Waals surface area contributed by atoms with E-state index < -0.39 is 18.2 Å². The molecule has 0 aromatic carbocycles. The van der Waals surface area contributed by atoms with Gasteiger partial charge >= 0.3 is 5.97 Å². The molecule has 16 heavy (non-hydrogen) atoms. The molecule has 0 saturated heterocycles. The maximum atomic E-state index is 13.5. The number of carbonyl (C=O) groups is 1. The number of esters is 1. The van der Waals surface area contributed by atoms with Crippen molar-refractivity contribution in [2.24, 2.45) is 5.73 Å². The zero-order chi connectivity index (χ0) is 11.4. The molecule has 1 heterocycles. The maximum absolute atomic E-state index is 13.5. The number of alkyl halides is 1. The molecule has 1 unspecified atom stereocenters.